The molecular formula is C18H23ClN2O2. The maximum Gasteiger partial charge on any atom is 0.251 e. The lowest BCUT2D eigenvalue weighted by atomic mass is 10.2. The number of hydrogen-bond donors (Lipinski definition) is 2. The topological polar surface area (TPSA) is 64.3 Å². The zero-order chi connectivity index (χ0) is 15.8. The minimum atomic E-state index is -0.0700. The van der Waals surface area contributed by atoms with Crippen LogP contribution in [0.3, 0.4) is 0 Å². The van der Waals surface area contributed by atoms with Crippen LogP contribution in [0.15, 0.2) is 48.5 Å². The maximum absolute atomic E-state index is 11.9. The van der Waals surface area contributed by atoms with Crippen molar-refractivity contribution in [2.75, 3.05) is 18.9 Å². The number of hydrogen-bond acceptors (Lipinski definition) is 3. The summed E-state index contributed by atoms with van der Waals surface area (Å²) in [5.41, 5.74) is 8.10. The highest BCUT2D eigenvalue weighted by molar-refractivity contribution is 5.94. The Hall–Kier alpha value is -2.20. The van der Waals surface area contributed by atoms with Gasteiger partial charge in [-0.05, 0) is 56.2 Å². The first-order valence-electron chi connectivity index (χ1n) is 7.48. The number of ether oxygens (including phenoxy) is 1. The highest BCUT2D eigenvalue weighted by Crippen LogP contribution is 2.11. The van der Waals surface area contributed by atoms with Gasteiger partial charge < -0.3 is 15.8 Å². The van der Waals surface area contributed by atoms with Crippen molar-refractivity contribution < 1.29 is 9.53 Å². The van der Waals surface area contributed by atoms with E-state index >= 15 is 0 Å². The first-order valence-corrected chi connectivity index (χ1v) is 7.48. The first kappa shape index (κ1) is 18.8. The van der Waals surface area contributed by atoms with E-state index in [9.17, 15) is 4.79 Å². The van der Waals surface area contributed by atoms with Crippen molar-refractivity contribution in [2.24, 2.45) is 0 Å². The first-order chi connectivity index (χ1) is 10.6. The van der Waals surface area contributed by atoms with E-state index in [1.54, 1.807) is 24.3 Å². The summed E-state index contributed by atoms with van der Waals surface area (Å²) >= 11 is 0. The molecule has 5 heteroatoms. The number of nitrogens with one attached hydrogen (secondary N) is 1. The number of nitrogens with two attached hydrogens (primary N) is 1. The van der Waals surface area contributed by atoms with Crippen LogP contribution in [0.2, 0.25) is 0 Å². The Bertz CT molecular complexity index is 597. The highest BCUT2D eigenvalue weighted by atomic mass is 35.5. The Morgan fingerprint density at radius 2 is 1.70 bits per heavy atom. The average molecular weight is 335 g/mol. The summed E-state index contributed by atoms with van der Waals surface area (Å²) in [6.45, 7) is 3.34. The van der Waals surface area contributed by atoms with Crippen molar-refractivity contribution >= 4 is 24.0 Å². The standard InChI is InChI=1S/C18H22N2O2.ClH/c1-14-4-10-17(11-5-14)22-13-3-2-12-20-18(21)15-6-8-16(19)9-7-15;/h4-11H,2-3,12-13,19H2,1H3,(H,20,21);1H. The minimum Gasteiger partial charge on any atom is -0.494 e. The molecular weight excluding hydrogens is 312 g/mol. The van der Waals surface area contributed by atoms with Crippen LogP contribution in [0, 0.1) is 6.92 Å². The van der Waals surface area contributed by atoms with Crippen molar-refractivity contribution in [2.45, 2.75) is 19.8 Å². The van der Waals surface area contributed by atoms with E-state index in [2.05, 4.69) is 5.32 Å². The van der Waals surface area contributed by atoms with Crippen molar-refractivity contribution in [3.63, 3.8) is 0 Å². The summed E-state index contributed by atoms with van der Waals surface area (Å²) in [6.07, 6.45) is 1.78. The number of anilines is 1. The summed E-state index contributed by atoms with van der Waals surface area (Å²) in [6, 6.07) is 14.9. The molecule has 0 saturated carbocycles. The third kappa shape index (κ3) is 6.61. The van der Waals surface area contributed by atoms with Crippen molar-refractivity contribution in [3.8, 4) is 5.75 Å². The molecule has 0 unspecified atom stereocenters. The number of rotatable bonds is 7. The van der Waals surface area contributed by atoms with Crippen LogP contribution in [0.1, 0.15) is 28.8 Å². The molecule has 0 aromatic heterocycles. The predicted octanol–water partition coefficient (Wildman–Crippen LogP) is 3.59. The summed E-state index contributed by atoms with van der Waals surface area (Å²) in [7, 11) is 0. The minimum absolute atomic E-state index is 0. The fourth-order valence-electron chi connectivity index (χ4n) is 1.99. The Morgan fingerprint density at radius 3 is 2.35 bits per heavy atom. The molecule has 2 rings (SSSR count). The number of aryl methyl sites for hydroxylation is 1. The molecule has 0 saturated heterocycles. The Morgan fingerprint density at radius 1 is 1.04 bits per heavy atom. The molecule has 1 amide bonds. The van der Waals surface area contributed by atoms with Gasteiger partial charge in [-0.1, -0.05) is 17.7 Å². The Labute approximate surface area is 143 Å². The summed E-state index contributed by atoms with van der Waals surface area (Å²) in [5, 5.41) is 2.89. The molecule has 0 bridgehead atoms. The number of carbonyl (C=O) groups is 1. The van der Waals surface area contributed by atoms with Crippen LogP contribution in [-0.4, -0.2) is 19.1 Å². The van der Waals surface area contributed by atoms with Gasteiger partial charge in [-0.2, -0.15) is 0 Å². The van der Waals surface area contributed by atoms with E-state index in [0.29, 0.717) is 24.4 Å². The van der Waals surface area contributed by atoms with Crippen LogP contribution < -0.4 is 15.8 Å². The number of carbonyl (C=O) groups excluding carboxylic acids is 1. The molecule has 0 aliphatic carbocycles. The molecule has 2 aromatic carbocycles. The number of halogens is 1. The number of benzene rings is 2. The van der Waals surface area contributed by atoms with Crippen molar-refractivity contribution in [3.05, 3.63) is 59.7 Å². The maximum atomic E-state index is 11.9. The van der Waals surface area contributed by atoms with Gasteiger partial charge in [0.2, 0.25) is 0 Å². The number of nitrogen functional groups attached to an aromatic ring is 1. The molecule has 4 nitrogen and oxygen atoms in total. The van der Waals surface area contributed by atoms with Crippen LogP contribution in [0.4, 0.5) is 5.69 Å². The molecule has 0 atom stereocenters. The molecule has 124 valence electrons. The summed E-state index contributed by atoms with van der Waals surface area (Å²) in [5.74, 6) is 0.816. The zero-order valence-electron chi connectivity index (χ0n) is 13.2. The van der Waals surface area contributed by atoms with Gasteiger partial charge in [0.15, 0.2) is 0 Å². The molecule has 0 aliphatic rings. The smallest absolute Gasteiger partial charge is 0.251 e. The van der Waals surface area contributed by atoms with E-state index in [1.165, 1.54) is 5.56 Å². The lowest BCUT2D eigenvalue weighted by Crippen LogP contribution is -2.24. The summed E-state index contributed by atoms with van der Waals surface area (Å²) < 4.78 is 5.64. The second kappa shape index (κ2) is 9.74. The average Bonchev–Trinajstić information content (AvgIpc) is 2.53. The number of unbranched alkanes of at least 4 members (excludes halogenated alkanes) is 1. The lowest BCUT2D eigenvalue weighted by molar-refractivity contribution is 0.0952. The van der Waals surface area contributed by atoms with Crippen molar-refractivity contribution in [1.29, 1.82) is 0 Å². The molecule has 23 heavy (non-hydrogen) atoms. The van der Waals surface area contributed by atoms with Crippen LogP contribution >= 0.6 is 12.4 Å². The molecule has 0 aliphatic heterocycles. The van der Waals surface area contributed by atoms with Gasteiger partial charge in [0.05, 0.1) is 6.61 Å². The third-order valence-corrected chi connectivity index (χ3v) is 3.32. The molecule has 0 heterocycles. The van der Waals surface area contributed by atoms with E-state index in [1.807, 2.05) is 31.2 Å². The zero-order valence-corrected chi connectivity index (χ0v) is 14.1. The quantitative estimate of drug-likeness (QED) is 0.600. The normalized spacial score (nSPS) is 9.78. The van der Waals surface area contributed by atoms with Gasteiger partial charge in [0.25, 0.3) is 5.91 Å². The fraction of sp³-hybridized carbons (Fsp3) is 0.278. The molecule has 0 fully saturated rings. The van der Waals surface area contributed by atoms with Gasteiger partial charge in [0.1, 0.15) is 5.75 Å². The van der Waals surface area contributed by atoms with E-state index < -0.39 is 0 Å². The van der Waals surface area contributed by atoms with Gasteiger partial charge in [-0.25, -0.2) is 0 Å². The second-order valence-corrected chi connectivity index (χ2v) is 5.25. The van der Waals surface area contributed by atoms with Crippen LogP contribution in [0.25, 0.3) is 0 Å². The van der Waals surface area contributed by atoms with Gasteiger partial charge in [-0.15, -0.1) is 12.4 Å². The molecule has 3 N–H and O–H groups in total. The van der Waals surface area contributed by atoms with E-state index in [-0.39, 0.29) is 18.3 Å². The molecule has 0 radical (unpaired) electrons. The third-order valence-electron chi connectivity index (χ3n) is 3.32. The highest BCUT2D eigenvalue weighted by Gasteiger charge is 2.03. The fourth-order valence-corrected chi connectivity index (χ4v) is 1.99. The largest absolute Gasteiger partial charge is 0.494 e. The van der Waals surface area contributed by atoms with E-state index in [0.717, 1.165) is 18.6 Å². The molecule has 2 aromatic rings. The van der Waals surface area contributed by atoms with Crippen molar-refractivity contribution in [1.82, 2.24) is 5.32 Å². The monoisotopic (exact) mass is 334 g/mol. The van der Waals surface area contributed by atoms with Gasteiger partial charge >= 0.3 is 0 Å². The number of amides is 1. The van der Waals surface area contributed by atoms with E-state index in [4.69, 9.17) is 10.5 Å². The lowest BCUT2D eigenvalue weighted by Gasteiger charge is -2.07. The SMILES string of the molecule is Cc1ccc(OCCCCNC(=O)c2ccc(N)cc2)cc1.Cl. The second-order valence-electron chi connectivity index (χ2n) is 5.25. The Kier molecular flexibility index (Phi) is 7.98. The molecule has 0 spiro atoms. The summed E-state index contributed by atoms with van der Waals surface area (Å²) in [4.78, 5) is 11.9. The van der Waals surface area contributed by atoms with Crippen LogP contribution in [0.5, 0.6) is 5.75 Å². The Balaban J connectivity index is 0.00000264. The van der Waals surface area contributed by atoms with Crippen LogP contribution in [-0.2, 0) is 0 Å². The predicted molar refractivity (Wildman–Crippen MR) is 96.3 cm³/mol. The van der Waals surface area contributed by atoms with Gasteiger partial charge in [-0.3, -0.25) is 4.79 Å². The van der Waals surface area contributed by atoms with Gasteiger partial charge in [0, 0.05) is 17.8 Å².